The molecule has 96 valence electrons. The maximum absolute atomic E-state index is 11.1. The van der Waals surface area contributed by atoms with E-state index in [4.69, 9.17) is 9.84 Å². The molecular weight excluding hydrogens is 226 g/mol. The molecule has 17 heavy (non-hydrogen) atoms. The fraction of sp³-hybridized carbons (Fsp3) is 0.727. The molecule has 1 aliphatic rings. The number of nitrogens with zero attached hydrogens (tertiary/aromatic N) is 1. The number of amides is 1. The zero-order chi connectivity index (χ0) is 12.8. The predicted octanol–water partition coefficient (Wildman–Crippen LogP) is 0.899. The van der Waals surface area contributed by atoms with Crippen LogP contribution in [0.15, 0.2) is 0 Å². The number of hydrogen-bond acceptors (Lipinski definition) is 4. The number of Topliss-reactive ketones (excluding diaryl/α,β-unsaturated/α-hetero) is 1. The van der Waals surface area contributed by atoms with Gasteiger partial charge < -0.3 is 14.7 Å². The quantitative estimate of drug-likeness (QED) is 0.585. The summed E-state index contributed by atoms with van der Waals surface area (Å²) < 4.78 is 4.96. The molecular formula is C11H17NO5. The Hall–Kier alpha value is -1.59. The van der Waals surface area contributed by atoms with E-state index < -0.39 is 12.1 Å². The highest BCUT2D eigenvalue weighted by molar-refractivity contribution is 5.94. The lowest BCUT2D eigenvalue weighted by atomic mass is 9.98. The summed E-state index contributed by atoms with van der Waals surface area (Å²) in [7, 11) is 0. The van der Waals surface area contributed by atoms with Gasteiger partial charge in [0.15, 0.2) is 0 Å². The van der Waals surface area contributed by atoms with Crippen molar-refractivity contribution in [3.63, 3.8) is 0 Å². The van der Waals surface area contributed by atoms with Crippen molar-refractivity contribution in [3.05, 3.63) is 0 Å². The fourth-order valence-electron chi connectivity index (χ4n) is 1.76. The van der Waals surface area contributed by atoms with Crippen LogP contribution in [0.5, 0.6) is 0 Å². The second-order valence-corrected chi connectivity index (χ2v) is 4.27. The Bertz CT molecular complexity index is 307. The van der Waals surface area contributed by atoms with Crippen molar-refractivity contribution in [2.75, 3.05) is 19.7 Å². The van der Waals surface area contributed by atoms with E-state index in [-0.39, 0.29) is 24.7 Å². The van der Waals surface area contributed by atoms with Crippen molar-refractivity contribution in [1.82, 2.24) is 4.90 Å². The minimum atomic E-state index is -0.906. The highest BCUT2D eigenvalue weighted by atomic mass is 16.5. The Morgan fingerprint density at radius 1 is 1.29 bits per heavy atom. The van der Waals surface area contributed by atoms with Crippen LogP contribution < -0.4 is 0 Å². The van der Waals surface area contributed by atoms with Crippen molar-refractivity contribution in [1.29, 1.82) is 0 Å². The second kappa shape index (κ2) is 6.22. The molecule has 0 aromatic carbocycles. The smallest absolute Gasteiger partial charge is 0.407 e. The van der Waals surface area contributed by atoms with Crippen molar-refractivity contribution in [2.45, 2.75) is 26.2 Å². The Kier molecular flexibility index (Phi) is 4.93. The van der Waals surface area contributed by atoms with Crippen molar-refractivity contribution >= 4 is 17.8 Å². The van der Waals surface area contributed by atoms with E-state index in [1.165, 1.54) is 11.8 Å². The largest absolute Gasteiger partial charge is 0.465 e. The van der Waals surface area contributed by atoms with Crippen LogP contribution in [0.2, 0.25) is 0 Å². The first-order valence-electron chi connectivity index (χ1n) is 5.62. The summed E-state index contributed by atoms with van der Waals surface area (Å²) in [5, 5.41) is 8.74. The molecule has 6 nitrogen and oxygen atoms in total. The maximum atomic E-state index is 11.1. The van der Waals surface area contributed by atoms with Gasteiger partial charge in [-0.3, -0.25) is 9.59 Å². The van der Waals surface area contributed by atoms with Gasteiger partial charge in [0.05, 0.1) is 6.61 Å². The summed E-state index contributed by atoms with van der Waals surface area (Å²) >= 11 is 0. The first-order chi connectivity index (χ1) is 7.99. The third kappa shape index (κ3) is 4.84. The first-order valence-corrected chi connectivity index (χ1v) is 5.62. The van der Waals surface area contributed by atoms with Gasteiger partial charge in [0.25, 0.3) is 0 Å². The van der Waals surface area contributed by atoms with Crippen LogP contribution in [0.1, 0.15) is 26.2 Å². The normalized spacial score (nSPS) is 16.6. The Morgan fingerprint density at radius 3 is 2.35 bits per heavy atom. The molecule has 1 N–H and O–H groups in total. The molecule has 0 radical (unpaired) electrons. The number of ketones is 1. The summed E-state index contributed by atoms with van der Waals surface area (Å²) in [6.45, 7) is 2.57. The number of piperidine rings is 1. The molecule has 1 heterocycles. The number of carboxylic acid groups (broad SMARTS) is 1. The summed E-state index contributed by atoms with van der Waals surface area (Å²) in [4.78, 5) is 33.8. The number of ether oxygens (including phenoxy) is 1. The van der Waals surface area contributed by atoms with Gasteiger partial charge in [0.1, 0.15) is 12.2 Å². The van der Waals surface area contributed by atoms with Gasteiger partial charge in [0, 0.05) is 13.1 Å². The standard InChI is InChI=1S/C11H17NO5/c1-8(13)6-10(14)17-7-9-2-4-12(5-3-9)11(15)16/h9H,2-7H2,1H3,(H,15,16). The highest BCUT2D eigenvalue weighted by Crippen LogP contribution is 2.17. The number of likely N-dealkylation sites (tertiary alicyclic amines) is 1. The number of carbonyl (C=O) groups excluding carboxylic acids is 2. The second-order valence-electron chi connectivity index (χ2n) is 4.27. The molecule has 1 amide bonds. The van der Waals surface area contributed by atoms with E-state index in [1.807, 2.05) is 0 Å². The summed E-state index contributed by atoms with van der Waals surface area (Å²) in [5.41, 5.74) is 0. The minimum absolute atomic E-state index is 0.187. The zero-order valence-corrected chi connectivity index (χ0v) is 9.85. The lowest BCUT2D eigenvalue weighted by Crippen LogP contribution is -2.38. The number of carbonyl (C=O) groups is 3. The summed E-state index contributed by atoms with van der Waals surface area (Å²) in [6, 6.07) is 0. The van der Waals surface area contributed by atoms with Crippen LogP contribution in [-0.4, -0.2) is 47.5 Å². The average Bonchev–Trinajstić information content (AvgIpc) is 2.26. The monoisotopic (exact) mass is 243 g/mol. The molecule has 1 saturated heterocycles. The number of esters is 1. The van der Waals surface area contributed by atoms with Crippen molar-refractivity contribution < 1.29 is 24.2 Å². The minimum Gasteiger partial charge on any atom is -0.465 e. The van der Waals surface area contributed by atoms with Gasteiger partial charge in [-0.05, 0) is 25.7 Å². The van der Waals surface area contributed by atoms with Gasteiger partial charge in [-0.2, -0.15) is 0 Å². The predicted molar refractivity (Wildman–Crippen MR) is 58.6 cm³/mol. The SMILES string of the molecule is CC(=O)CC(=O)OCC1CCN(C(=O)O)CC1. The molecule has 0 saturated carbocycles. The van der Waals surface area contributed by atoms with E-state index in [0.29, 0.717) is 25.9 Å². The lowest BCUT2D eigenvalue weighted by molar-refractivity contribution is -0.147. The number of rotatable bonds is 4. The van der Waals surface area contributed by atoms with Gasteiger partial charge in [-0.15, -0.1) is 0 Å². The van der Waals surface area contributed by atoms with E-state index in [9.17, 15) is 14.4 Å². The lowest BCUT2D eigenvalue weighted by Gasteiger charge is -2.29. The van der Waals surface area contributed by atoms with Crippen LogP contribution in [0.3, 0.4) is 0 Å². The molecule has 1 fully saturated rings. The van der Waals surface area contributed by atoms with Crippen molar-refractivity contribution in [3.8, 4) is 0 Å². The molecule has 0 aliphatic carbocycles. The van der Waals surface area contributed by atoms with Crippen LogP contribution in [0.25, 0.3) is 0 Å². The molecule has 0 atom stereocenters. The maximum Gasteiger partial charge on any atom is 0.407 e. The first kappa shape index (κ1) is 13.5. The molecule has 0 unspecified atom stereocenters. The third-order valence-electron chi connectivity index (χ3n) is 2.76. The molecule has 0 aromatic rings. The van der Waals surface area contributed by atoms with Gasteiger partial charge in [-0.1, -0.05) is 0 Å². The summed E-state index contributed by atoms with van der Waals surface area (Å²) in [6.07, 6.45) is 0.296. The molecule has 6 heteroatoms. The highest BCUT2D eigenvalue weighted by Gasteiger charge is 2.23. The average molecular weight is 243 g/mol. The van der Waals surface area contributed by atoms with E-state index in [2.05, 4.69) is 0 Å². The van der Waals surface area contributed by atoms with Crippen LogP contribution in [0, 0.1) is 5.92 Å². The van der Waals surface area contributed by atoms with E-state index in [0.717, 1.165) is 0 Å². The molecule has 0 aromatic heterocycles. The van der Waals surface area contributed by atoms with Crippen LogP contribution >= 0.6 is 0 Å². The van der Waals surface area contributed by atoms with Crippen LogP contribution in [0.4, 0.5) is 4.79 Å². The van der Waals surface area contributed by atoms with Crippen LogP contribution in [-0.2, 0) is 14.3 Å². The molecule has 1 rings (SSSR count). The third-order valence-corrected chi connectivity index (χ3v) is 2.76. The van der Waals surface area contributed by atoms with Crippen molar-refractivity contribution in [2.24, 2.45) is 5.92 Å². The fourth-order valence-corrected chi connectivity index (χ4v) is 1.76. The van der Waals surface area contributed by atoms with Gasteiger partial charge in [-0.25, -0.2) is 4.79 Å². The molecule has 0 bridgehead atoms. The Morgan fingerprint density at radius 2 is 1.88 bits per heavy atom. The van der Waals surface area contributed by atoms with Gasteiger partial charge in [0.2, 0.25) is 0 Å². The summed E-state index contributed by atoms with van der Waals surface area (Å²) in [5.74, 6) is -0.518. The van der Waals surface area contributed by atoms with Gasteiger partial charge >= 0.3 is 12.1 Å². The zero-order valence-electron chi connectivity index (χ0n) is 9.85. The van der Waals surface area contributed by atoms with E-state index >= 15 is 0 Å². The Labute approximate surface area is 99.5 Å². The number of hydrogen-bond donors (Lipinski definition) is 1. The molecule has 0 spiro atoms. The molecule has 1 aliphatic heterocycles. The van der Waals surface area contributed by atoms with E-state index in [1.54, 1.807) is 0 Å². The topological polar surface area (TPSA) is 83.9 Å². The Balaban J connectivity index is 2.20.